The normalized spacial score (nSPS) is 10.8. The van der Waals surface area contributed by atoms with Crippen LogP contribution in [-0.2, 0) is 6.54 Å². The minimum atomic E-state index is 0.679. The Balaban J connectivity index is 2.30. The number of nitrogens with one attached hydrogen (secondary N) is 1. The van der Waals surface area contributed by atoms with E-state index >= 15 is 0 Å². The molecule has 0 amide bonds. The van der Waals surface area contributed by atoms with Crippen LogP contribution in [0.1, 0.15) is 18.1 Å². The van der Waals surface area contributed by atoms with Crippen molar-refractivity contribution in [2.75, 3.05) is 6.54 Å². The summed E-state index contributed by atoms with van der Waals surface area (Å²) in [4.78, 5) is 4.27. The number of hydrogen-bond acceptors (Lipinski definition) is 3. The molecule has 2 aromatic heterocycles. The summed E-state index contributed by atoms with van der Waals surface area (Å²) in [5.74, 6) is 0.787. The molecule has 1 N–H and O–H groups in total. The van der Waals surface area contributed by atoms with Crippen molar-refractivity contribution in [1.82, 2.24) is 20.1 Å². The molecule has 0 unspecified atom stereocenters. The standard InChI is InChI=1S/C12H15ClN4/c1-3-14-6-10-4-12(15-7-11(10)13)17-8-9(2)5-16-17/h4-5,7-8,14H,3,6H2,1-2H3. The lowest BCUT2D eigenvalue weighted by Gasteiger charge is -2.07. The van der Waals surface area contributed by atoms with Crippen molar-refractivity contribution in [3.8, 4) is 5.82 Å². The molecule has 0 fully saturated rings. The third-order valence-electron chi connectivity index (χ3n) is 2.43. The maximum absolute atomic E-state index is 6.09. The zero-order valence-electron chi connectivity index (χ0n) is 9.94. The van der Waals surface area contributed by atoms with Gasteiger partial charge < -0.3 is 5.32 Å². The molecule has 2 rings (SSSR count). The van der Waals surface area contributed by atoms with Gasteiger partial charge in [0, 0.05) is 18.9 Å². The number of hydrogen-bond donors (Lipinski definition) is 1. The second kappa shape index (κ2) is 5.29. The van der Waals surface area contributed by atoms with Crippen molar-refractivity contribution >= 4 is 11.6 Å². The van der Waals surface area contributed by atoms with Crippen LogP contribution < -0.4 is 5.32 Å². The fraction of sp³-hybridized carbons (Fsp3) is 0.333. The van der Waals surface area contributed by atoms with E-state index in [1.807, 2.05) is 19.2 Å². The summed E-state index contributed by atoms with van der Waals surface area (Å²) in [7, 11) is 0. The molecule has 0 radical (unpaired) electrons. The number of nitrogens with zero attached hydrogens (tertiary/aromatic N) is 3. The van der Waals surface area contributed by atoms with Crippen LogP contribution in [0, 0.1) is 6.92 Å². The van der Waals surface area contributed by atoms with Gasteiger partial charge in [-0.3, -0.25) is 0 Å². The zero-order valence-corrected chi connectivity index (χ0v) is 10.7. The summed E-state index contributed by atoms with van der Waals surface area (Å²) >= 11 is 6.09. The highest BCUT2D eigenvalue weighted by Gasteiger charge is 2.05. The van der Waals surface area contributed by atoms with Gasteiger partial charge >= 0.3 is 0 Å². The molecule has 0 aliphatic rings. The monoisotopic (exact) mass is 250 g/mol. The topological polar surface area (TPSA) is 42.7 Å². The highest BCUT2D eigenvalue weighted by atomic mass is 35.5. The molecule has 0 saturated carbocycles. The summed E-state index contributed by atoms with van der Waals surface area (Å²) in [5.41, 5.74) is 2.14. The van der Waals surface area contributed by atoms with Gasteiger partial charge in [-0.15, -0.1) is 0 Å². The van der Waals surface area contributed by atoms with Gasteiger partial charge in [-0.1, -0.05) is 18.5 Å². The SMILES string of the molecule is CCNCc1cc(-n2cc(C)cn2)ncc1Cl. The van der Waals surface area contributed by atoms with Crippen molar-refractivity contribution in [1.29, 1.82) is 0 Å². The first-order chi connectivity index (χ1) is 8.20. The third-order valence-corrected chi connectivity index (χ3v) is 2.77. The fourth-order valence-corrected chi connectivity index (χ4v) is 1.70. The molecule has 0 aromatic carbocycles. The van der Waals surface area contributed by atoms with Crippen LogP contribution in [0.4, 0.5) is 0 Å². The van der Waals surface area contributed by atoms with Crippen molar-refractivity contribution in [3.05, 3.63) is 40.8 Å². The van der Waals surface area contributed by atoms with E-state index in [2.05, 4.69) is 22.3 Å². The van der Waals surface area contributed by atoms with Gasteiger partial charge in [0.05, 0.1) is 11.2 Å². The second-order valence-electron chi connectivity index (χ2n) is 3.88. The molecule has 0 aliphatic carbocycles. The Hall–Kier alpha value is -1.39. The molecular weight excluding hydrogens is 236 g/mol. The Morgan fingerprint density at radius 1 is 1.41 bits per heavy atom. The first-order valence-corrected chi connectivity index (χ1v) is 5.95. The summed E-state index contributed by atoms with van der Waals surface area (Å²) < 4.78 is 1.75. The van der Waals surface area contributed by atoms with Crippen molar-refractivity contribution < 1.29 is 0 Å². The Morgan fingerprint density at radius 3 is 2.88 bits per heavy atom. The number of rotatable bonds is 4. The molecule has 4 nitrogen and oxygen atoms in total. The van der Waals surface area contributed by atoms with Gasteiger partial charge in [0.1, 0.15) is 0 Å². The molecule has 90 valence electrons. The number of aromatic nitrogens is 3. The van der Waals surface area contributed by atoms with Gasteiger partial charge in [-0.25, -0.2) is 9.67 Å². The van der Waals surface area contributed by atoms with Crippen LogP contribution in [0.5, 0.6) is 0 Å². The van der Waals surface area contributed by atoms with Crippen molar-refractivity contribution in [2.45, 2.75) is 20.4 Å². The predicted molar refractivity (Wildman–Crippen MR) is 68.5 cm³/mol. The number of pyridine rings is 1. The third kappa shape index (κ3) is 2.84. The quantitative estimate of drug-likeness (QED) is 0.906. The highest BCUT2D eigenvalue weighted by Crippen LogP contribution is 2.17. The van der Waals surface area contributed by atoms with E-state index in [9.17, 15) is 0 Å². The Morgan fingerprint density at radius 2 is 2.24 bits per heavy atom. The van der Waals surface area contributed by atoms with Gasteiger partial charge in [-0.2, -0.15) is 5.10 Å². The molecule has 0 saturated heterocycles. The van der Waals surface area contributed by atoms with E-state index in [0.29, 0.717) is 5.02 Å². The number of halogens is 1. The smallest absolute Gasteiger partial charge is 0.153 e. The molecule has 5 heteroatoms. The fourth-order valence-electron chi connectivity index (χ4n) is 1.53. The van der Waals surface area contributed by atoms with Crippen LogP contribution >= 0.6 is 11.6 Å². The molecule has 0 spiro atoms. The highest BCUT2D eigenvalue weighted by molar-refractivity contribution is 6.31. The van der Waals surface area contributed by atoms with Crippen LogP contribution in [0.15, 0.2) is 24.7 Å². The van der Waals surface area contributed by atoms with Crippen molar-refractivity contribution in [2.24, 2.45) is 0 Å². The average Bonchev–Trinajstić information content (AvgIpc) is 2.75. The summed E-state index contributed by atoms with van der Waals surface area (Å²) in [6.07, 6.45) is 5.41. The van der Waals surface area contributed by atoms with E-state index in [-0.39, 0.29) is 0 Å². The molecule has 0 aliphatic heterocycles. The van der Waals surface area contributed by atoms with Crippen LogP contribution in [0.25, 0.3) is 5.82 Å². The Labute approximate surface area is 106 Å². The molecule has 0 atom stereocenters. The van der Waals surface area contributed by atoms with Crippen LogP contribution in [0.3, 0.4) is 0 Å². The lowest BCUT2D eigenvalue weighted by molar-refractivity contribution is 0.723. The second-order valence-corrected chi connectivity index (χ2v) is 4.28. The lowest BCUT2D eigenvalue weighted by Crippen LogP contribution is -2.13. The van der Waals surface area contributed by atoms with E-state index < -0.39 is 0 Å². The van der Waals surface area contributed by atoms with E-state index in [1.165, 1.54) is 0 Å². The first-order valence-electron chi connectivity index (χ1n) is 5.57. The minimum absolute atomic E-state index is 0.679. The van der Waals surface area contributed by atoms with E-state index in [4.69, 9.17) is 11.6 Å². The summed E-state index contributed by atoms with van der Waals surface area (Å²) in [6.45, 7) is 5.71. The lowest BCUT2D eigenvalue weighted by atomic mass is 10.2. The molecule has 0 bridgehead atoms. The molecule has 2 aromatic rings. The van der Waals surface area contributed by atoms with Crippen LogP contribution in [-0.4, -0.2) is 21.3 Å². The Bertz CT molecular complexity index is 507. The predicted octanol–water partition coefficient (Wildman–Crippen LogP) is 2.34. The van der Waals surface area contributed by atoms with Gasteiger partial charge in [0.15, 0.2) is 5.82 Å². The zero-order chi connectivity index (χ0) is 12.3. The summed E-state index contributed by atoms with van der Waals surface area (Å²) in [5, 5.41) is 8.15. The van der Waals surface area contributed by atoms with Crippen LogP contribution in [0.2, 0.25) is 5.02 Å². The molecular formula is C12H15ClN4. The van der Waals surface area contributed by atoms with Gasteiger partial charge in [-0.05, 0) is 30.7 Å². The summed E-state index contributed by atoms with van der Waals surface area (Å²) in [6, 6.07) is 1.96. The van der Waals surface area contributed by atoms with E-state index in [1.54, 1.807) is 17.1 Å². The van der Waals surface area contributed by atoms with Crippen molar-refractivity contribution in [3.63, 3.8) is 0 Å². The first kappa shape index (κ1) is 12.1. The average molecular weight is 251 g/mol. The Kier molecular flexibility index (Phi) is 3.76. The van der Waals surface area contributed by atoms with E-state index in [0.717, 1.165) is 30.0 Å². The van der Waals surface area contributed by atoms with Gasteiger partial charge in [0.25, 0.3) is 0 Å². The minimum Gasteiger partial charge on any atom is -0.313 e. The number of aryl methyl sites for hydroxylation is 1. The van der Waals surface area contributed by atoms with Gasteiger partial charge in [0.2, 0.25) is 0 Å². The molecule has 17 heavy (non-hydrogen) atoms. The largest absolute Gasteiger partial charge is 0.313 e. The maximum Gasteiger partial charge on any atom is 0.153 e. The maximum atomic E-state index is 6.09. The molecule has 2 heterocycles.